The van der Waals surface area contributed by atoms with Crippen molar-refractivity contribution in [1.29, 1.82) is 0 Å². The largest absolute Gasteiger partial charge is 0.497 e. The number of carbonyl (C=O) groups excluding carboxylic acids is 1. The number of nitrogens with one attached hydrogen (secondary N) is 1. The average molecular weight is 398 g/mol. The number of amides is 1. The van der Waals surface area contributed by atoms with Gasteiger partial charge in [-0.15, -0.1) is 0 Å². The number of methoxy groups -OCH3 is 2. The van der Waals surface area contributed by atoms with Crippen LogP contribution in [0.5, 0.6) is 17.2 Å². The zero-order chi connectivity index (χ0) is 21.3. The highest BCUT2D eigenvalue weighted by molar-refractivity contribution is 5.96. The van der Waals surface area contributed by atoms with Gasteiger partial charge in [-0.1, -0.05) is 13.8 Å². The Morgan fingerprint density at radius 2 is 1.90 bits per heavy atom. The summed E-state index contributed by atoms with van der Waals surface area (Å²) >= 11 is 0. The fourth-order valence-corrected chi connectivity index (χ4v) is 3.90. The Labute approximate surface area is 173 Å². The second kappa shape index (κ2) is 7.97. The van der Waals surface area contributed by atoms with Gasteiger partial charge in [0.1, 0.15) is 22.8 Å². The lowest BCUT2D eigenvalue weighted by Gasteiger charge is -2.38. The number of carbonyl (C=O) groups is 1. The summed E-state index contributed by atoms with van der Waals surface area (Å²) in [4.78, 5) is 13.3. The predicted octanol–water partition coefficient (Wildman–Crippen LogP) is 5.17. The molecule has 0 unspecified atom stereocenters. The van der Waals surface area contributed by atoms with Gasteiger partial charge in [-0.3, -0.25) is 4.79 Å². The van der Waals surface area contributed by atoms with Crippen molar-refractivity contribution >= 4 is 5.91 Å². The van der Waals surface area contributed by atoms with Crippen molar-refractivity contribution in [3.63, 3.8) is 0 Å². The van der Waals surface area contributed by atoms with Crippen molar-refractivity contribution in [2.75, 3.05) is 14.2 Å². The first kappa shape index (κ1) is 21.0. The van der Waals surface area contributed by atoms with Crippen molar-refractivity contribution in [2.24, 2.45) is 0 Å². The van der Waals surface area contributed by atoms with Crippen molar-refractivity contribution in [1.82, 2.24) is 5.32 Å². The molecule has 0 aromatic heterocycles. The first-order valence-electron chi connectivity index (χ1n) is 10.0. The molecule has 5 heteroatoms. The maximum Gasteiger partial charge on any atom is 0.252 e. The Morgan fingerprint density at radius 3 is 2.52 bits per heavy atom. The number of aryl methyl sites for hydroxylation is 1. The molecule has 0 bridgehead atoms. The van der Waals surface area contributed by atoms with Crippen LogP contribution in [0, 0.1) is 6.92 Å². The summed E-state index contributed by atoms with van der Waals surface area (Å²) in [7, 11) is 3.30. The number of ether oxygens (including phenoxy) is 3. The second-order valence-electron chi connectivity index (χ2n) is 8.56. The molecule has 156 valence electrons. The van der Waals surface area contributed by atoms with E-state index >= 15 is 0 Å². The maximum atomic E-state index is 13.3. The number of benzene rings is 2. The Kier molecular flexibility index (Phi) is 5.78. The topological polar surface area (TPSA) is 56.8 Å². The molecule has 2 aromatic carbocycles. The molecule has 2 aromatic rings. The van der Waals surface area contributed by atoms with Crippen LogP contribution in [0.1, 0.15) is 73.1 Å². The van der Waals surface area contributed by atoms with Crippen LogP contribution in [0.3, 0.4) is 0 Å². The van der Waals surface area contributed by atoms with Gasteiger partial charge in [-0.25, -0.2) is 0 Å². The van der Waals surface area contributed by atoms with E-state index in [9.17, 15) is 4.79 Å². The molecule has 0 saturated heterocycles. The molecule has 1 aliphatic rings. The minimum Gasteiger partial charge on any atom is -0.497 e. The average Bonchev–Trinajstić information content (AvgIpc) is 2.66. The summed E-state index contributed by atoms with van der Waals surface area (Å²) in [5, 5.41) is 3.23. The molecular weight excluding hydrogens is 366 g/mol. The van der Waals surface area contributed by atoms with Crippen LogP contribution < -0.4 is 19.5 Å². The molecule has 0 radical (unpaired) electrons. The van der Waals surface area contributed by atoms with Crippen molar-refractivity contribution in [3.05, 3.63) is 52.6 Å². The molecular formula is C24H31NO4. The Bertz CT molecular complexity index is 917. The highest BCUT2D eigenvalue weighted by Crippen LogP contribution is 2.41. The van der Waals surface area contributed by atoms with Gasteiger partial charge in [0, 0.05) is 17.5 Å². The number of rotatable bonds is 5. The summed E-state index contributed by atoms with van der Waals surface area (Å²) in [6.45, 7) is 10.2. The molecule has 1 aliphatic heterocycles. The van der Waals surface area contributed by atoms with Crippen LogP contribution >= 0.6 is 0 Å². The first-order chi connectivity index (χ1) is 13.6. The van der Waals surface area contributed by atoms with E-state index < -0.39 is 0 Å². The third-order valence-corrected chi connectivity index (χ3v) is 5.42. The zero-order valence-corrected chi connectivity index (χ0v) is 18.4. The van der Waals surface area contributed by atoms with Crippen molar-refractivity contribution in [2.45, 2.75) is 58.6 Å². The smallest absolute Gasteiger partial charge is 0.252 e. The van der Waals surface area contributed by atoms with Crippen LogP contribution in [0.15, 0.2) is 30.3 Å². The second-order valence-corrected chi connectivity index (χ2v) is 8.56. The lowest BCUT2D eigenvalue weighted by Crippen LogP contribution is -2.41. The van der Waals surface area contributed by atoms with Gasteiger partial charge in [0.2, 0.25) is 0 Å². The third-order valence-electron chi connectivity index (χ3n) is 5.42. The van der Waals surface area contributed by atoms with Gasteiger partial charge in [0.25, 0.3) is 5.91 Å². The minimum absolute atomic E-state index is 0.0940. The standard InChI is InChI=1S/C24H31NO4/c1-14(2)17-12-18(15(3)10-22(17)28-7)23(26)25-20-13-24(4,5)29-21-9-8-16(27-6)11-19(20)21/h8-12,14,20H,13H2,1-7H3,(H,25,26)/t20-/m1/s1. The first-order valence-corrected chi connectivity index (χ1v) is 10.0. The Balaban J connectivity index is 1.96. The molecule has 1 N–H and O–H groups in total. The van der Waals surface area contributed by atoms with Gasteiger partial charge in [0.05, 0.1) is 20.3 Å². The van der Waals surface area contributed by atoms with Gasteiger partial charge in [-0.2, -0.15) is 0 Å². The normalized spacial score (nSPS) is 17.3. The van der Waals surface area contributed by atoms with Gasteiger partial charge in [-0.05, 0) is 68.1 Å². The van der Waals surface area contributed by atoms with E-state index in [4.69, 9.17) is 14.2 Å². The highest BCUT2D eigenvalue weighted by atomic mass is 16.5. The van der Waals surface area contributed by atoms with Crippen LogP contribution in [0.4, 0.5) is 0 Å². The van der Waals surface area contributed by atoms with Crippen LogP contribution in [-0.4, -0.2) is 25.7 Å². The number of hydrogen-bond acceptors (Lipinski definition) is 4. The van der Waals surface area contributed by atoms with E-state index in [-0.39, 0.29) is 23.5 Å². The summed E-state index contributed by atoms with van der Waals surface area (Å²) in [6.07, 6.45) is 0.672. The number of hydrogen-bond donors (Lipinski definition) is 1. The Morgan fingerprint density at radius 1 is 1.17 bits per heavy atom. The molecule has 1 atom stereocenters. The summed E-state index contributed by atoms with van der Waals surface area (Å²) < 4.78 is 17.0. The van der Waals surface area contributed by atoms with Gasteiger partial charge in [0.15, 0.2) is 0 Å². The fraction of sp³-hybridized carbons (Fsp3) is 0.458. The van der Waals surface area contributed by atoms with E-state index in [1.807, 2.05) is 51.1 Å². The molecule has 0 saturated carbocycles. The fourth-order valence-electron chi connectivity index (χ4n) is 3.90. The van der Waals surface area contributed by atoms with Gasteiger partial charge < -0.3 is 19.5 Å². The van der Waals surface area contributed by atoms with E-state index in [1.165, 1.54) is 0 Å². The molecule has 0 aliphatic carbocycles. The SMILES string of the molecule is COc1ccc2c(c1)[C@H](NC(=O)c1cc(C(C)C)c(OC)cc1C)CC(C)(C)O2. The van der Waals surface area contributed by atoms with Crippen molar-refractivity contribution in [3.8, 4) is 17.2 Å². The van der Waals surface area contributed by atoms with Gasteiger partial charge >= 0.3 is 0 Å². The van der Waals surface area contributed by atoms with E-state index in [0.29, 0.717) is 12.0 Å². The lowest BCUT2D eigenvalue weighted by atomic mass is 9.89. The molecule has 1 heterocycles. The van der Waals surface area contributed by atoms with E-state index in [1.54, 1.807) is 14.2 Å². The zero-order valence-electron chi connectivity index (χ0n) is 18.4. The maximum absolute atomic E-state index is 13.3. The summed E-state index contributed by atoms with van der Waals surface area (Å²) in [5.74, 6) is 2.50. The highest BCUT2D eigenvalue weighted by Gasteiger charge is 2.35. The van der Waals surface area contributed by atoms with Crippen molar-refractivity contribution < 1.29 is 19.0 Å². The molecule has 0 fully saturated rings. The predicted molar refractivity (Wildman–Crippen MR) is 114 cm³/mol. The Hall–Kier alpha value is -2.69. The molecule has 1 amide bonds. The molecule has 0 spiro atoms. The van der Waals surface area contributed by atoms with Crippen LogP contribution in [0.2, 0.25) is 0 Å². The van der Waals surface area contributed by atoms with Crippen LogP contribution in [-0.2, 0) is 0 Å². The third kappa shape index (κ3) is 4.34. The number of fused-ring (bicyclic) bond motifs is 1. The lowest BCUT2D eigenvalue weighted by molar-refractivity contribution is 0.0618. The summed E-state index contributed by atoms with van der Waals surface area (Å²) in [5.41, 5.74) is 3.14. The summed E-state index contributed by atoms with van der Waals surface area (Å²) in [6, 6.07) is 9.45. The quantitative estimate of drug-likeness (QED) is 0.756. The molecule has 29 heavy (non-hydrogen) atoms. The van der Waals surface area contributed by atoms with E-state index in [2.05, 4.69) is 19.2 Å². The monoisotopic (exact) mass is 397 g/mol. The van der Waals surface area contributed by atoms with E-state index in [0.717, 1.165) is 33.9 Å². The molecule has 3 rings (SSSR count). The van der Waals surface area contributed by atoms with Crippen LogP contribution in [0.25, 0.3) is 0 Å². The molecule has 5 nitrogen and oxygen atoms in total. The minimum atomic E-state index is -0.377.